The molecule has 4 bridgehead atoms. The number of carbonyl (C=O) groups is 1. The quantitative estimate of drug-likeness (QED) is 0.335. The molecule has 2 N–H and O–H groups in total. The highest BCUT2D eigenvalue weighted by Crippen LogP contribution is 2.41. The summed E-state index contributed by atoms with van der Waals surface area (Å²) in [4.78, 5) is 29.2. The number of anilines is 2. The van der Waals surface area contributed by atoms with Gasteiger partial charge < -0.3 is 10.2 Å². The predicted molar refractivity (Wildman–Crippen MR) is 159 cm³/mol. The summed E-state index contributed by atoms with van der Waals surface area (Å²) >= 11 is 3.43. The Bertz CT molecular complexity index is 1550. The number of carbonyl (C=O) groups excluding carboxylic acids is 1. The number of nitrogens with zero attached hydrogens (tertiary/aromatic N) is 4. The van der Waals surface area contributed by atoms with Crippen LogP contribution in [-0.2, 0) is 15.4 Å². The molecule has 0 aliphatic carbocycles. The van der Waals surface area contributed by atoms with Crippen LogP contribution in [0.25, 0.3) is 0 Å². The fourth-order valence-electron chi connectivity index (χ4n) is 5.62. The number of pyridine rings is 3. The molecule has 1 amide bonds. The highest BCUT2D eigenvalue weighted by atomic mass is 79.9. The van der Waals surface area contributed by atoms with E-state index >= 15 is 0 Å². The van der Waals surface area contributed by atoms with E-state index in [4.69, 9.17) is 4.98 Å². The van der Waals surface area contributed by atoms with Gasteiger partial charge in [-0.3, -0.25) is 9.78 Å². The standard InChI is InChI=1S/C29H35BrN6O3S/c1-28(2,3)19-13-14-31-22(15-19)21-11-9-18-16-29(4,5)36(17-18)26-20(10-12-23(30)33-26)27(37)35-40(38,39)25-8-6-7-24(32-21)34-25/h6-8,10,12-15,18,21H,9,11,16-17H2,1-5H3,(H,32,34)(H,35,37)/t18-,21-/m0/s1. The van der Waals surface area contributed by atoms with E-state index in [1.165, 1.54) is 11.6 Å². The maximum atomic E-state index is 13.4. The van der Waals surface area contributed by atoms with Crippen molar-refractivity contribution in [3.05, 3.63) is 70.1 Å². The number of rotatable bonds is 1. The van der Waals surface area contributed by atoms with Gasteiger partial charge in [-0.1, -0.05) is 26.8 Å². The summed E-state index contributed by atoms with van der Waals surface area (Å²) in [5.41, 5.74) is 1.91. The molecule has 40 heavy (non-hydrogen) atoms. The Morgan fingerprint density at radius 2 is 1.85 bits per heavy atom. The molecule has 212 valence electrons. The highest BCUT2D eigenvalue weighted by molar-refractivity contribution is 9.10. The van der Waals surface area contributed by atoms with Gasteiger partial charge in [0, 0.05) is 18.3 Å². The monoisotopic (exact) mass is 626 g/mol. The molecule has 2 aliphatic rings. The summed E-state index contributed by atoms with van der Waals surface area (Å²) in [6.45, 7) is 11.5. The van der Waals surface area contributed by atoms with Crippen LogP contribution >= 0.6 is 15.9 Å². The predicted octanol–water partition coefficient (Wildman–Crippen LogP) is 5.60. The number of amides is 1. The van der Waals surface area contributed by atoms with Crippen molar-refractivity contribution < 1.29 is 13.2 Å². The Morgan fingerprint density at radius 3 is 2.60 bits per heavy atom. The third-order valence-corrected chi connectivity index (χ3v) is 9.39. The molecule has 2 atom stereocenters. The molecule has 1 saturated heterocycles. The lowest BCUT2D eigenvalue weighted by Crippen LogP contribution is -2.41. The topological polar surface area (TPSA) is 117 Å². The van der Waals surface area contributed by atoms with Crippen LogP contribution in [0.5, 0.6) is 0 Å². The molecular weight excluding hydrogens is 592 g/mol. The van der Waals surface area contributed by atoms with Gasteiger partial charge in [-0.25, -0.2) is 14.7 Å². The second-order valence-corrected chi connectivity index (χ2v) is 14.7. The minimum absolute atomic E-state index is 0.0490. The second kappa shape index (κ2) is 10.4. The van der Waals surface area contributed by atoms with Crippen LogP contribution in [0.1, 0.15) is 81.5 Å². The summed E-state index contributed by atoms with van der Waals surface area (Å²) in [7, 11) is -4.26. The lowest BCUT2D eigenvalue weighted by atomic mass is 9.86. The minimum Gasteiger partial charge on any atom is -0.362 e. The molecule has 3 aromatic rings. The van der Waals surface area contributed by atoms with Crippen molar-refractivity contribution >= 4 is 43.5 Å². The average molecular weight is 628 g/mol. The second-order valence-electron chi connectivity index (χ2n) is 12.3. The van der Waals surface area contributed by atoms with Crippen LogP contribution in [0.3, 0.4) is 0 Å². The normalized spacial score (nSPS) is 22.4. The fraction of sp³-hybridized carbons (Fsp3) is 0.448. The first-order valence-corrected chi connectivity index (χ1v) is 15.7. The van der Waals surface area contributed by atoms with Crippen LogP contribution < -0.4 is 14.9 Å². The summed E-state index contributed by atoms with van der Waals surface area (Å²) in [6, 6.07) is 11.9. The number of aromatic nitrogens is 3. The van der Waals surface area contributed by atoms with Crippen LogP contribution in [0.4, 0.5) is 11.6 Å². The Morgan fingerprint density at radius 1 is 1.07 bits per heavy atom. The summed E-state index contributed by atoms with van der Waals surface area (Å²) in [5, 5.41) is 3.21. The van der Waals surface area contributed by atoms with Gasteiger partial charge >= 0.3 is 0 Å². The maximum Gasteiger partial charge on any atom is 0.281 e. The number of hydrogen-bond donors (Lipinski definition) is 2. The highest BCUT2D eigenvalue weighted by Gasteiger charge is 2.41. The summed E-state index contributed by atoms with van der Waals surface area (Å²) < 4.78 is 29.4. The SMILES string of the molecule is CC(C)(C)c1ccnc([C@@H]2CC[C@@H]3CN(c4nc(Br)ccc4C(=O)NS(=O)(=O)c4cccc(n4)N2)C(C)(C)C3)c1. The fourth-order valence-corrected chi connectivity index (χ4v) is 6.85. The molecule has 3 aromatic heterocycles. The molecule has 11 heteroatoms. The molecule has 9 nitrogen and oxygen atoms in total. The molecule has 2 aliphatic heterocycles. The lowest BCUT2D eigenvalue weighted by molar-refractivity contribution is 0.0981. The zero-order valence-corrected chi connectivity index (χ0v) is 25.8. The Hall–Kier alpha value is -3.05. The van der Waals surface area contributed by atoms with E-state index in [1.54, 1.807) is 24.3 Å². The summed E-state index contributed by atoms with van der Waals surface area (Å²) in [6.07, 6.45) is 4.39. The Balaban J connectivity index is 1.61. The third-order valence-electron chi connectivity index (χ3n) is 7.72. The van der Waals surface area contributed by atoms with E-state index in [2.05, 4.69) is 81.5 Å². The van der Waals surface area contributed by atoms with Gasteiger partial charge in [-0.05, 0) is 102 Å². The third kappa shape index (κ3) is 5.85. The van der Waals surface area contributed by atoms with Gasteiger partial charge in [0.1, 0.15) is 16.2 Å². The van der Waals surface area contributed by atoms with E-state index < -0.39 is 15.9 Å². The maximum absolute atomic E-state index is 13.4. The van der Waals surface area contributed by atoms with Crippen molar-refractivity contribution in [1.82, 2.24) is 19.7 Å². The molecule has 1 fully saturated rings. The van der Waals surface area contributed by atoms with Crippen LogP contribution in [0.2, 0.25) is 0 Å². The number of hydrogen-bond acceptors (Lipinski definition) is 8. The molecule has 0 saturated carbocycles. The Labute approximate surface area is 244 Å². The van der Waals surface area contributed by atoms with E-state index in [0.717, 1.165) is 25.0 Å². The molecule has 0 radical (unpaired) electrons. The smallest absolute Gasteiger partial charge is 0.281 e. The van der Waals surface area contributed by atoms with Crippen molar-refractivity contribution in [1.29, 1.82) is 0 Å². The van der Waals surface area contributed by atoms with Gasteiger partial charge in [0.2, 0.25) is 0 Å². The van der Waals surface area contributed by atoms with E-state index in [0.29, 0.717) is 28.7 Å². The number of fused-ring (bicyclic) bond motifs is 6. The zero-order chi connectivity index (χ0) is 28.9. The van der Waals surface area contributed by atoms with Gasteiger partial charge in [0.25, 0.3) is 15.9 Å². The lowest BCUT2D eigenvalue weighted by Gasteiger charge is -2.33. The van der Waals surface area contributed by atoms with E-state index in [1.807, 2.05) is 12.3 Å². The van der Waals surface area contributed by atoms with Crippen molar-refractivity contribution in [2.75, 3.05) is 16.8 Å². The number of halogens is 1. The number of sulfonamides is 1. The average Bonchev–Trinajstić information content (AvgIpc) is 3.19. The van der Waals surface area contributed by atoms with Gasteiger partial charge in [0.15, 0.2) is 5.03 Å². The van der Waals surface area contributed by atoms with Crippen molar-refractivity contribution in [2.24, 2.45) is 5.92 Å². The van der Waals surface area contributed by atoms with E-state index in [9.17, 15) is 13.2 Å². The first-order valence-electron chi connectivity index (χ1n) is 13.4. The minimum atomic E-state index is -4.26. The zero-order valence-electron chi connectivity index (χ0n) is 23.4. The van der Waals surface area contributed by atoms with Crippen molar-refractivity contribution in [3.63, 3.8) is 0 Å². The first-order chi connectivity index (χ1) is 18.7. The molecular formula is C29H35BrN6O3S. The first kappa shape index (κ1) is 28.5. The largest absolute Gasteiger partial charge is 0.362 e. The van der Waals surface area contributed by atoms with Gasteiger partial charge in [0.05, 0.1) is 17.3 Å². The molecule has 5 rings (SSSR count). The van der Waals surface area contributed by atoms with E-state index in [-0.39, 0.29) is 27.6 Å². The molecule has 0 spiro atoms. The Kier molecular flexibility index (Phi) is 7.41. The van der Waals surface area contributed by atoms with Gasteiger partial charge in [-0.15, -0.1) is 0 Å². The van der Waals surface area contributed by atoms with Crippen molar-refractivity contribution in [2.45, 2.75) is 75.9 Å². The molecule has 0 aromatic carbocycles. The number of nitrogens with one attached hydrogen (secondary N) is 2. The van der Waals surface area contributed by atoms with Crippen LogP contribution in [0.15, 0.2) is 58.3 Å². The molecule has 0 unspecified atom stereocenters. The van der Waals surface area contributed by atoms with Crippen LogP contribution in [-0.4, -0.2) is 41.4 Å². The summed E-state index contributed by atoms with van der Waals surface area (Å²) in [5.74, 6) is 0.443. The van der Waals surface area contributed by atoms with Crippen LogP contribution in [0, 0.1) is 5.92 Å². The molecule has 5 heterocycles. The van der Waals surface area contributed by atoms with Gasteiger partial charge in [-0.2, -0.15) is 8.42 Å². The van der Waals surface area contributed by atoms with Crippen molar-refractivity contribution in [3.8, 4) is 0 Å².